The standard InChI is InChI=1S/C18H22N4O3/c1-11-4-5-15-14(8-11)20-18(24)16(25-15)10-17(23)19-6-7-22-13(3)9-12(2)21-22/h4-5,8-9,16H,6-7,10H2,1-3H3,(H,19,23)(H,20,24). The summed E-state index contributed by atoms with van der Waals surface area (Å²) in [6.07, 6.45) is -0.833. The summed E-state index contributed by atoms with van der Waals surface area (Å²) >= 11 is 0. The first-order chi connectivity index (χ1) is 11.9. The Morgan fingerprint density at radius 1 is 1.32 bits per heavy atom. The molecule has 0 spiro atoms. The molecule has 2 aromatic rings. The average molecular weight is 342 g/mol. The summed E-state index contributed by atoms with van der Waals surface area (Å²) in [5, 5.41) is 9.94. The monoisotopic (exact) mass is 342 g/mol. The van der Waals surface area contributed by atoms with Gasteiger partial charge in [0.15, 0.2) is 6.10 Å². The fraction of sp³-hybridized carbons (Fsp3) is 0.389. The number of nitrogens with zero attached hydrogens (tertiary/aromatic N) is 2. The lowest BCUT2D eigenvalue weighted by molar-refractivity contribution is -0.130. The second-order valence-electron chi connectivity index (χ2n) is 6.30. The molecule has 25 heavy (non-hydrogen) atoms. The summed E-state index contributed by atoms with van der Waals surface area (Å²) in [6, 6.07) is 7.54. The SMILES string of the molecule is Cc1ccc2c(c1)NC(=O)C(CC(=O)NCCn1nc(C)cc1C)O2. The van der Waals surface area contributed by atoms with Gasteiger partial charge in [-0.2, -0.15) is 5.10 Å². The third-order valence-electron chi connectivity index (χ3n) is 4.07. The zero-order chi connectivity index (χ0) is 18.0. The van der Waals surface area contributed by atoms with Crippen molar-refractivity contribution in [3.05, 3.63) is 41.2 Å². The van der Waals surface area contributed by atoms with Crippen LogP contribution < -0.4 is 15.4 Å². The van der Waals surface area contributed by atoms with E-state index in [0.717, 1.165) is 17.0 Å². The van der Waals surface area contributed by atoms with Gasteiger partial charge in [-0.3, -0.25) is 14.3 Å². The van der Waals surface area contributed by atoms with E-state index in [0.29, 0.717) is 24.5 Å². The van der Waals surface area contributed by atoms with Crippen LogP contribution in [0.15, 0.2) is 24.3 Å². The van der Waals surface area contributed by atoms with Gasteiger partial charge < -0.3 is 15.4 Å². The maximum atomic E-state index is 12.1. The Morgan fingerprint density at radius 2 is 2.12 bits per heavy atom. The molecule has 1 aliphatic heterocycles. The molecule has 2 heterocycles. The van der Waals surface area contributed by atoms with Gasteiger partial charge in [-0.05, 0) is 44.5 Å². The van der Waals surface area contributed by atoms with E-state index in [1.165, 1.54) is 0 Å². The van der Waals surface area contributed by atoms with Crippen LogP contribution in [0.1, 0.15) is 23.4 Å². The molecule has 1 aromatic carbocycles. The second kappa shape index (κ2) is 6.96. The molecule has 1 atom stereocenters. The van der Waals surface area contributed by atoms with Crippen molar-refractivity contribution in [1.29, 1.82) is 0 Å². The summed E-state index contributed by atoms with van der Waals surface area (Å²) in [5.41, 5.74) is 3.67. The molecule has 2 N–H and O–H groups in total. The molecule has 1 unspecified atom stereocenters. The Labute approximate surface area is 146 Å². The molecule has 1 aliphatic rings. The van der Waals surface area contributed by atoms with Crippen molar-refractivity contribution < 1.29 is 14.3 Å². The van der Waals surface area contributed by atoms with Gasteiger partial charge in [0.25, 0.3) is 5.91 Å². The van der Waals surface area contributed by atoms with E-state index < -0.39 is 6.10 Å². The zero-order valence-corrected chi connectivity index (χ0v) is 14.6. The van der Waals surface area contributed by atoms with Crippen LogP contribution in [0.5, 0.6) is 5.75 Å². The van der Waals surface area contributed by atoms with Crippen LogP contribution >= 0.6 is 0 Å². The van der Waals surface area contributed by atoms with E-state index >= 15 is 0 Å². The van der Waals surface area contributed by atoms with Crippen LogP contribution in [-0.2, 0) is 16.1 Å². The van der Waals surface area contributed by atoms with E-state index in [9.17, 15) is 9.59 Å². The van der Waals surface area contributed by atoms with Crippen LogP contribution in [0, 0.1) is 20.8 Å². The van der Waals surface area contributed by atoms with Gasteiger partial charge in [0.2, 0.25) is 5.91 Å². The number of carbonyl (C=O) groups excluding carboxylic acids is 2. The first-order valence-electron chi connectivity index (χ1n) is 8.28. The smallest absolute Gasteiger partial charge is 0.266 e. The predicted octanol–water partition coefficient (Wildman–Crippen LogP) is 1.71. The van der Waals surface area contributed by atoms with E-state index in [4.69, 9.17) is 4.74 Å². The number of fused-ring (bicyclic) bond motifs is 1. The lowest BCUT2D eigenvalue weighted by Crippen LogP contribution is -2.41. The molecular weight excluding hydrogens is 320 g/mol. The number of carbonyl (C=O) groups is 2. The first-order valence-corrected chi connectivity index (χ1v) is 8.28. The molecule has 0 fully saturated rings. The number of ether oxygens (including phenoxy) is 1. The third-order valence-corrected chi connectivity index (χ3v) is 4.07. The molecule has 7 nitrogen and oxygen atoms in total. The van der Waals surface area contributed by atoms with Gasteiger partial charge in [0, 0.05) is 12.2 Å². The van der Waals surface area contributed by atoms with Gasteiger partial charge in [0.1, 0.15) is 5.75 Å². The highest BCUT2D eigenvalue weighted by Crippen LogP contribution is 2.30. The number of amides is 2. The Morgan fingerprint density at radius 3 is 2.84 bits per heavy atom. The number of hydrogen-bond donors (Lipinski definition) is 2. The zero-order valence-electron chi connectivity index (χ0n) is 14.6. The number of aromatic nitrogens is 2. The normalized spacial score (nSPS) is 16.0. The lowest BCUT2D eigenvalue weighted by atomic mass is 10.1. The number of rotatable bonds is 5. The molecule has 7 heteroatoms. The molecule has 3 rings (SSSR count). The van der Waals surface area contributed by atoms with E-state index in [1.54, 1.807) is 6.07 Å². The van der Waals surface area contributed by atoms with E-state index in [1.807, 2.05) is 43.7 Å². The number of nitrogens with one attached hydrogen (secondary N) is 2. The molecule has 0 saturated carbocycles. The summed E-state index contributed by atoms with van der Waals surface area (Å²) in [7, 11) is 0. The van der Waals surface area contributed by atoms with Crippen molar-refractivity contribution in [2.75, 3.05) is 11.9 Å². The van der Waals surface area contributed by atoms with Gasteiger partial charge in [-0.15, -0.1) is 0 Å². The van der Waals surface area contributed by atoms with Crippen LogP contribution in [-0.4, -0.2) is 34.2 Å². The number of hydrogen-bond acceptors (Lipinski definition) is 4. The fourth-order valence-corrected chi connectivity index (χ4v) is 2.84. The van der Waals surface area contributed by atoms with Crippen molar-refractivity contribution in [3.8, 4) is 5.75 Å². The topological polar surface area (TPSA) is 85.3 Å². The lowest BCUT2D eigenvalue weighted by Gasteiger charge is -2.25. The van der Waals surface area contributed by atoms with E-state index in [2.05, 4.69) is 15.7 Å². The van der Waals surface area contributed by atoms with Crippen molar-refractivity contribution in [2.45, 2.75) is 39.8 Å². The van der Waals surface area contributed by atoms with Gasteiger partial charge in [-0.25, -0.2) is 0 Å². The fourth-order valence-electron chi connectivity index (χ4n) is 2.84. The van der Waals surface area contributed by atoms with Crippen LogP contribution in [0.4, 0.5) is 5.69 Å². The van der Waals surface area contributed by atoms with Crippen molar-refractivity contribution in [3.63, 3.8) is 0 Å². The minimum atomic E-state index is -0.816. The van der Waals surface area contributed by atoms with Crippen molar-refractivity contribution >= 4 is 17.5 Å². The second-order valence-corrected chi connectivity index (χ2v) is 6.30. The highest BCUT2D eigenvalue weighted by atomic mass is 16.5. The van der Waals surface area contributed by atoms with Gasteiger partial charge >= 0.3 is 0 Å². The Kier molecular flexibility index (Phi) is 4.74. The Bertz CT molecular complexity index is 813. The molecule has 2 amide bonds. The maximum Gasteiger partial charge on any atom is 0.266 e. The van der Waals surface area contributed by atoms with Crippen molar-refractivity contribution in [1.82, 2.24) is 15.1 Å². The van der Waals surface area contributed by atoms with Gasteiger partial charge in [0.05, 0.1) is 24.3 Å². The third kappa shape index (κ3) is 3.99. The Hall–Kier alpha value is -2.83. The predicted molar refractivity (Wildman–Crippen MR) is 93.6 cm³/mol. The number of benzene rings is 1. The summed E-state index contributed by atoms with van der Waals surface area (Å²) in [5.74, 6) is 0.0645. The molecule has 0 radical (unpaired) electrons. The first kappa shape index (κ1) is 17.0. The van der Waals surface area contributed by atoms with Crippen LogP contribution in [0.25, 0.3) is 0 Å². The summed E-state index contributed by atoms with van der Waals surface area (Å²) < 4.78 is 7.51. The molecular formula is C18H22N4O3. The Balaban J connectivity index is 1.52. The molecule has 0 bridgehead atoms. The van der Waals surface area contributed by atoms with Crippen molar-refractivity contribution in [2.24, 2.45) is 0 Å². The highest BCUT2D eigenvalue weighted by Gasteiger charge is 2.29. The minimum Gasteiger partial charge on any atom is -0.478 e. The van der Waals surface area contributed by atoms with Crippen LogP contribution in [0.3, 0.4) is 0 Å². The van der Waals surface area contributed by atoms with E-state index in [-0.39, 0.29) is 18.2 Å². The molecule has 1 aromatic heterocycles. The van der Waals surface area contributed by atoms with Crippen LogP contribution in [0.2, 0.25) is 0 Å². The number of anilines is 1. The number of aryl methyl sites for hydroxylation is 3. The molecule has 0 saturated heterocycles. The largest absolute Gasteiger partial charge is 0.478 e. The van der Waals surface area contributed by atoms with Gasteiger partial charge in [-0.1, -0.05) is 6.07 Å². The average Bonchev–Trinajstić information content (AvgIpc) is 2.86. The summed E-state index contributed by atoms with van der Waals surface area (Å²) in [4.78, 5) is 24.2. The molecule has 132 valence electrons. The maximum absolute atomic E-state index is 12.1. The summed E-state index contributed by atoms with van der Waals surface area (Å²) in [6.45, 7) is 6.88. The quantitative estimate of drug-likeness (QED) is 0.866. The minimum absolute atomic E-state index is 0.0176. The highest BCUT2D eigenvalue weighted by molar-refractivity contribution is 6.00. The molecule has 0 aliphatic carbocycles.